The first-order chi connectivity index (χ1) is 13.1. The molecule has 0 spiro atoms. The molecule has 0 radical (unpaired) electrons. The molecule has 0 aliphatic carbocycles. The minimum atomic E-state index is -0.297. The molecular weight excluding hydrogens is 345 g/mol. The molecule has 0 bridgehead atoms. The molecule has 1 aliphatic heterocycles. The molecule has 1 aromatic heterocycles. The van der Waals surface area contributed by atoms with Crippen LogP contribution in [0.3, 0.4) is 0 Å². The van der Waals surface area contributed by atoms with Crippen LogP contribution in [0.4, 0.5) is 16.3 Å². The number of aromatic nitrogens is 3. The predicted octanol–water partition coefficient (Wildman–Crippen LogP) is 3.82. The summed E-state index contributed by atoms with van der Waals surface area (Å²) in [4.78, 5) is 16.1. The van der Waals surface area contributed by atoms with Gasteiger partial charge in [0, 0.05) is 12.1 Å². The number of nitrogens with zero attached hydrogens (tertiary/aromatic N) is 3. The van der Waals surface area contributed by atoms with Gasteiger partial charge >= 0.3 is 0 Å². The van der Waals surface area contributed by atoms with Crippen LogP contribution in [0.1, 0.15) is 30.5 Å². The highest BCUT2D eigenvalue weighted by molar-refractivity contribution is 5.89. The second-order valence-electron chi connectivity index (χ2n) is 6.17. The van der Waals surface area contributed by atoms with Crippen LogP contribution in [-0.2, 0) is 4.79 Å². The van der Waals surface area contributed by atoms with Crippen molar-refractivity contribution < 1.29 is 9.18 Å². The molecule has 0 saturated heterocycles. The number of nitrogens with one attached hydrogen (secondary N) is 2. The van der Waals surface area contributed by atoms with E-state index in [9.17, 15) is 9.18 Å². The molecule has 1 aliphatic rings. The first-order valence-electron chi connectivity index (χ1n) is 8.70. The normalized spacial score (nSPS) is 15.5. The number of halogens is 1. The third kappa shape index (κ3) is 3.44. The maximum absolute atomic E-state index is 13.4. The molecule has 6 nitrogen and oxygen atoms in total. The van der Waals surface area contributed by atoms with E-state index in [4.69, 9.17) is 0 Å². The number of allylic oxidation sites excluding steroid dienone is 1. The van der Waals surface area contributed by atoms with Crippen molar-refractivity contribution in [3.05, 3.63) is 77.6 Å². The number of rotatable bonds is 4. The molecular formula is C20H18FN5O. The third-order valence-corrected chi connectivity index (χ3v) is 4.33. The highest BCUT2D eigenvalue weighted by Crippen LogP contribution is 2.33. The van der Waals surface area contributed by atoms with Crippen LogP contribution in [0.5, 0.6) is 0 Å². The first-order valence-corrected chi connectivity index (χ1v) is 8.70. The van der Waals surface area contributed by atoms with Crippen molar-refractivity contribution in [2.24, 2.45) is 0 Å². The van der Waals surface area contributed by atoms with Crippen molar-refractivity contribution >= 4 is 23.5 Å². The van der Waals surface area contributed by atoms with Gasteiger partial charge in [0.25, 0.3) is 5.95 Å². The Labute approximate surface area is 155 Å². The van der Waals surface area contributed by atoms with Gasteiger partial charge in [-0.1, -0.05) is 49.4 Å². The van der Waals surface area contributed by atoms with Crippen LogP contribution < -0.4 is 10.6 Å². The average Bonchev–Trinajstić information content (AvgIpc) is 3.10. The fourth-order valence-corrected chi connectivity index (χ4v) is 2.94. The van der Waals surface area contributed by atoms with Crippen molar-refractivity contribution in [3.8, 4) is 0 Å². The molecule has 2 heterocycles. The van der Waals surface area contributed by atoms with Gasteiger partial charge in [0.1, 0.15) is 11.9 Å². The van der Waals surface area contributed by atoms with Crippen molar-refractivity contribution in [2.45, 2.75) is 19.4 Å². The second-order valence-corrected chi connectivity index (χ2v) is 6.17. The number of anilines is 2. The minimum absolute atomic E-state index is 0.160. The Kier molecular flexibility index (Phi) is 4.42. The zero-order valence-electron chi connectivity index (χ0n) is 14.7. The summed E-state index contributed by atoms with van der Waals surface area (Å²) in [5.41, 5.74) is 2.74. The van der Waals surface area contributed by atoms with Gasteiger partial charge in [-0.15, -0.1) is 5.10 Å². The summed E-state index contributed by atoms with van der Waals surface area (Å²) < 4.78 is 15.1. The fraction of sp³-hybridized carbons (Fsp3) is 0.150. The maximum atomic E-state index is 13.4. The van der Waals surface area contributed by atoms with Gasteiger partial charge in [-0.05, 0) is 29.3 Å². The standard InChI is InChI=1S/C20H18FN5O/c1-2-18(27)23-19-24-20-22-16(13-6-4-3-5-7-13)12-17(26(20)25-19)14-8-10-15(21)11-9-14/h3-12,17H,2H2,1H3,(H2,22,23,24,25,27)/t17-/m1/s1. The largest absolute Gasteiger partial charge is 0.324 e. The Morgan fingerprint density at radius 1 is 1.19 bits per heavy atom. The number of amides is 1. The lowest BCUT2D eigenvalue weighted by atomic mass is 10.0. The van der Waals surface area contributed by atoms with Crippen molar-refractivity contribution in [3.63, 3.8) is 0 Å². The summed E-state index contributed by atoms with van der Waals surface area (Å²) in [5.74, 6) is 0.290. The smallest absolute Gasteiger partial charge is 0.250 e. The van der Waals surface area contributed by atoms with Crippen molar-refractivity contribution in [2.75, 3.05) is 10.6 Å². The van der Waals surface area contributed by atoms with Crippen LogP contribution in [0.25, 0.3) is 5.70 Å². The van der Waals surface area contributed by atoms with E-state index in [1.165, 1.54) is 12.1 Å². The van der Waals surface area contributed by atoms with Crippen molar-refractivity contribution in [1.29, 1.82) is 0 Å². The van der Waals surface area contributed by atoms with Gasteiger partial charge < -0.3 is 5.32 Å². The van der Waals surface area contributed by atoms with Gasteiger partial charge in [0.15, 0.2) is 0 Å². The van der Waals surface area contributed by atoms with Crippen LogP contribution in [0.2, 0.25) is 0 Å². The minimum Gasteiger partial charge on any atom is -0.324 e. The third-order valence-electron chi connectivity index (χ3n) is 4.33. The predicted molar refractivity (Wildman–Crippen MR) is 102 cm³/mol. The Hall–Kier alpha value is -3.48. The molecule has 7 heteroatoms. The van der Waals surface area contributed by atoms with E-state index in [0.29, 0.717) is 12.4 Å². The Balaban J connectivity index is 1.77. The number of carbonyl (C=O) groups excluding carboxylic acids is 1. The summed E-state index contributed by atoms with van der Waals surface area (Å²) in [6.45, 7) is 1.76. The van der Waals surface area contributed by atoms with Gasteiger partial charge in [-0.25, -0.2) is 9.07 Å². The van der Waals surface area contributed by atoms with Gasteiger partial charge in [-0.2, -0.15) is 4.98 Å². The monoisotopic (exact) mass is 363 g/mol. The van der Waals surface area contributed by atoms with E-state index < -0.39 is 0 Å². The number of hydrogen-bond donors (Lipinski definition) is 2. The molecule has 1 amide bonds. The Morgan fingerprint density at radius 2 is 1.93 bits per heavy atom. The lowest BCUT2D eigenvalue weighted by Crippen LogP contribution is -2.20. The van der Waals surface area contributed by atoms with E-state index in [0.717, 1.165) is 16.8 Å². The van der Waals surface area contributed by atoms with Gasteiger partial charge in [0.2, 0.25) is 11.9 Å². The van der Waals surface area contributed by atoms with Gasteiger partial charge in [0.05, 0.1) is 0 Å². The summed E-state index contributed by atoms with van der Waals surface area (Å²) in [6.07, 6.45) is 2.35. The van der Waals surface area contributed by atoms with E-state index in [-0.39, 0.29) is 23.7 Å². The quantitative estimate of drug-likeness (QED) is 0.739. The molecule has 2 aromatic carbocycles. The summed E-state index contributed by atoms with van der Waals surface area (Å²) in [5, 5.41) is 10.4. The lowest BCUT2D eigenvalue weighted by Gasteiger charge is -2.24. The summed E-state index contributed by atoms with van der Waals surface area (Å²) in [7, 11) is 0. The zero-order valence-corrected chi connectivity index (χ0v) is 14.7. The van der Waals surface area contributed by atoms with Crippen LogP contribution in [0.15, 0.2) is 60.7 Å². The first kappa shape index (κ1) is 17.0. The number of carbonyl (C=O) groups is 1. The molecule has 1 atom stereocenters. The highest BCUT2D eigenvalue weighted by Gasteiger charge is 2.25. The van der Waals surface area contributed by atoms with Gasteiger partial charge in [-0.3, -0.25) is 10.1 Å². The molecule has 3 aromatic rings. The second kappa shape index (κ2) is 7.03. The molecule has 0 fully saturated rings. The molecule has 27 heavy (non-hydrogen) atoms. The fourth-order valence-electron chi connectivity index (χ4n) is 2.94. The lowest BCUT2D eigenvalue weighted by molar-refractivity contribution is -0.115. The topological polar surface area (TPSA) is 71.8 Å². The zero-order chi connectivity index (χ0) is 18.8. The molecule has 0 saturated carbocycles. The van der Waals surface area contributed by atoms with E-state index in [2.05, 4.69) is 20.7 Å². The molecule has 136 valence electrons. The number of benzene rings is 2. The van der Waals surface area contributed by atoms with Crippen LogP contribution in [0, 0.1) is 5.82 Å². The Bertz CT molecular complexity index is 995. The molecule has 2 N–H and O–H groups in total. The van der Waals surface area contributed by atoms with Crippen LogP contribution >= 0.6 is 0 Å². The highest BCUT2D eigenvalue weighted by atomic mass is 19.1. The van der Waals surface area contributed by atoms with E-state index in [1.807, 2.05) is 36.4 Å². The molecule has 0 unspecified atom stereocenters. The average molecular weight is 363 g/mol. The van der Waals surface area contributed by atoms with E-state index >= 15 is 0 Å². The van der Waals surface area contributed by atoms with Crippen molar-refractivity contribution in [1.82, 2.24) is 14.8 Å². The SMILES string of the molecule is CCC(=O)Nc1nc2n(n1)[C@@H](c1ccc(F)cc1)C=C(c1ccccc1)N2. The van der Waals surface area contributed by atoms with Crippen LogP contribution in [-0.4, -0.2) is 20.7 Å². The Morgan fingerprint density at radius 3 is 2.63 bits per heavy atom. The number of hydrogen-bond acceptors (Lipinski definition) is 4. The maximum Gasteiger partial charge on any atom is 0.250 e. The summed E-state index contributed by atoms with van der Waals surface area (Å²) >= 11 is 0. The number of fused-ring (bicyclic) bond motifs is 1. The summed E-state index contributed by atoms with van der Waals surface area (Å²) in [6, 6.07) is 15.9. The van der Waals surface area contributed by atoms with E-state index in [1.54, 1.807) is 23.7 Å². The molecule has 4 rings (SSSR count).